The average Bonchev–Trinajstić information content (AvgIpc) is 2.83. The molecular formula is C25H20BrClF3N3O4. The lowest BCUT2D eigenvalue weighted by atomic mass is 10.2. The Balaban J connectivity index is 1.62. The standard InChI is InChI=1S/C25H20BrClF3N3O4/c1-2-36-21-12-16(11-20(26)22(21)37-14-15-4-3-5-18(27)10-15)13-31-33-24(35)23(34)32-19-8-6-17(7-9-19)25(28,29)30/h3-13H,2,14H2,1H3,(H,32,34)(H,33,35)/b31-13+. The van der Waals surface area contributed by atoms with Crippen molar-refractivity contribution in [2.45, 2.75) is 19.7 Å². The van der Waals surface area contributed by atoms with Crippen molar-refractivity contribution in [3.63, 3.8) is 0 Å². The van der Waals surface area contributed by atoms with Crippen LogP contribution in [-0.2, 0) is 22.4 Å². The number of alkyl halides is 3. The minimum Gasteiger partial charge on any atom is -0.490 e. The van der Waals surface area contributed by atoms with Crippen molar-refractivity contribution in [2.24, 2.45) is 5.10 Å². The second kappa shape index (κ2) is 12.6. The molecule has 0 aliphatic heterocycles. The number of hydrogen-bond acceptors (Lipinski definition) is 5. The van der Waals surface area contributed by atoms with Gasteiger partial charge in [-0.15, -0.1) is 0 Å². The summed E-state index contributed by atoms with van der Waals surface area (Å²) in [5, 5.41) is 6.55. The van der Waals surface area contributed by atoms with Gasteiger partial charge in [0.2, 0.25) is 0 Å². The van der Waals surface area contributed by atoms with Gasteiger partial charge in [0.05, 0.1) is 22.9 Å². The van der Waals surface area contributed by atoms with Gasteiger partial charge in [-0.1, -0.05) is 23.7 Å². The molecule has 0 saturated carbocycles. The normalized spacial score (nSPS) is 11.3. The van der Waals surface area contributed by atoms with Gasteiger partial charge in [-0.3, -0.25) is 9.59 Å². The Bertz CT molecular complexity index is 1300. The molecule has 0 spiro atoms. The molecule has 3 rings (SSSR count). The van der Waals surface area contributed by atoms with Crippen molar-refractivity contribution < 1.29 is 32.2 Å². The van der Waals surface area contributed by atoms with Gasteiger partial charge in [-0.05, 0) is 82.5 Å². The second-order valence-electron chi connectivity index (χ2n) is 7.41. The molecule has 2 N–H and O–H groups in total. The van der Waals surface area contributed by atoms with Crippen LogP contribution < -0.4 is 20.2 Å². The van der Waals surface area contributed by atoms with Gasteiger partial charge in [-0.25, -0.2) is 5.43 Å². The molecule has 0 aromatic heterocycles. The fraction of sp³-hybridized carbons (Fsp3) is 0.160. The molecule has 0 saturated heterocycles. The molecule has 3 aromatic carbocycles. The number of nitrogens with one attached hydrogen (secondary N) is 2. The van der Waals surface area contributed by atoms with E-state index in [0.29, 0.717) is 33.2 Å². The largest absolute Gasteiger partial charge is 0.490 e. The van der Waals surface area contributed by atoms with Crippen LogP contribution in [0.1, 0.15) is 23.6 Å². The molecule has 0 aliphatic rings. The fourth-order valence-electron chi connectivity index (χ4n) is 2.99. The van der Waals surface area contributed by atoms with Gasteiger partial charge in [-0.2, -0.15) is 18.3 Å². The summed E-state index contributed by atoms with van der Waals surface area (Å²) in [5.74, 6) is -1.33. The zero-order valence-electron chi connectivity index (χ0n) is 19.2. The average molecular weight is 599 g/mol. The maximum Gasteiger partial charge on any atom is 0.416 e. The van der Waals surface area contributed by atoms with Crippen LogP contribution in [0.3, 0.4) is 0 Å². The third kappa shape index (κ3) is 8.22. The van der Waals surface area contributed by atoms with E-state index >= 15 is 0 Å². The summed E-state index contributed by atoms with van der Waals surface area (Å²) in [5.41, 5.74) is 2.60. The van der Waals surface area contributed by atoms with E-state index in [0.717, 1.165) is 29.8 Å². The molecule has 0 bridgehead atoms. The Kier molecular flexibility index (Phi) is 9.54. The Morgan fingerprint density at radius 3 is 2.43 bits per heavy atom. The van der Waals surface area contributed by atoms with Crippen molar-refractivity contribution in [1.82, 2.24) is 5.43 Å². The smallest absolute Gasteiger partial charge is 0.416 e. The molecule has 194 valence electrons. The maximum absolute atomic E-state index is 12.6. The first-order valence-electron chi connectivity index (χ1n) is 10.7. The Morgan fingerprint density at radius 1 is 1.05 bits per heavy atom. The molecule has 2 amide bonds. The molecule has 0 fully saturated rings. The topological polar surface area (TPSA) is 89.0 Å². The number of carbonyl (C=O) groups excluding carboxylic acids is 2. The predicted molar refractivity (Wildman–Crippen MR) is 137 cm³/mol. The Labute approximate surface area is 223 Å². The van der Waals surface area contributed by atoms with Gasteiger partial charge in [0, 0.05) is 10.7 Å². The van der Waals surface area contributed by atoms with Gasteiger partial charge in [0.25, 0.3) is 0 Å². The summed E-state index contributed by atoms with van der Waals surface area (Å²) in [6, 6.07) is 14.2. The quantitative estimate of drug-likeness (QED) is 0.184. The number of benzene rings is 3. The van der Waals surface area contributed by atoms with E-state index in [1.165, 1.54) is 6.21 Å². The van der Waals surface area contributed by atoms with Crippen LogP contribution in [0.2, 0.25) is 5.02 Å². The fourth-order valence-corrected chi connectivity index (χ4v) is 3.78. The van der Waals surface area contributed by atoms with Crippen molar-refractivity contribution in [1.29, 1.82) is 0 Å². The van der Waals surface area contributed by atoms with Gasteiger partial charge < -0.3 is 14.8 Å². The predicted octanol–water partition coefficient (Wildman–Crippen LogP) is 6.19. The number of hydrogen-bond donors (Lipinski definition) is 2. The van der Waals surface area contributed by atoms with E-state index in [1.807, 2.05) is 19.1 Å². The zero-order chi connectivity index (χ0) is 27.0. The van der Waals surface area contributed by atoms with Crippen LogP contribution >= 0.6 is 27.5 Å². The first kappa shape index (κ1) is 28.0. The van der Waals surface area contributed by atoms with Crippen LogP contribution in [0.4, 0.5) is 18.9 Å². The molecule has 7 nitrogen and oxygen atoms in total. The highest BCUT2D eigenvalue weighted by atomic mass is 79.9. The number of hydrazone groups is 1. The zero-order valence-corrected chi connectivity index (χ0v) is 21.6. The first-order chi connectivity index (χ1) is 17.6. The Hall–Kier alpha value is -3.57. The summed E-state index contributed by atoms with van der Waals surface area (Å²) in [4.78, 5) is 24.0. The van der Waals surface area contributed by atoms with Gasteiger partial charge in [0.15, 0.2) is 11.5 Å². The highest BCUT2D eigenvalue weighted by Gasteiger charge is 2.30. The summed E-state index contributed by atoms with van der Waals surface area (Å²) in [6.45, 7) is 2.42. The van der Waals surface area contributed by atoms with E-state index in [2.05, 4.69) is 31.8 Å². The molecule has 12 heteroatoms. The van der Waals surface area contributed by atoms with E-state index in [4.69, 9.17) is 21.1 Å². The summed E-state index contributed by atoms with van der Waals surface area (Å²) in [7, 11) is 0. The lowest BCUT2D eigenvalue weighted by molar-refractivity contribution is -0.137. The van der Waals surface area contributed by atoms with Crippen LogP contribution in [0.5, 0.6) is 11.5 Å². The molecule has 3 aromatic rings. The number of nitrogens with zero attached hydrogens (tertiary/aromatic N) is 1. The lowest BCUT2D eigenvalue weighted by Crippen LogP contribution is -2.32. The molecule has 0 aliphatic carbocycles. The number of anilines is 1. The van der Waals surface area contributed by atoms with Crippen LogP contribution in [0, 0.1) is 0 Å². The number of ether oxygens (including phenoxy) is 2. The van der Waals surface area contributed by atoms with Crippen LogP contribution in [0.25, 0.3) is 0 Å². The molecule has 37 heavy (non-hydrogen) atoms. The number of amides is 2. The van der Waals surface area contributed by atoms with E-state index in [9.17, 15) is 22.8 Å². The first-order valence-corrected chi connectivity index (χ1v) is 11.9. The monoisotopic (exact) mass is 597 g/mol. The highest BCUT2D eigenvalue weighted by molar-refractivity contribution is 9.10. The molecule has 0 radical (unpaired) electrons. The van der Waals surface area contributed by atoms with Crippen LogP contribution in [-0.4, -0.2) is 24.6 Å². The maximum atomic E-state index is 12.6. The number of carbonyl (C=O) groups is 2. The van der Waals surface area contributed by atoms with Gasteiger partial charge in [0.1, 0.15) is 6.61 Å². The van der Waals surface area contributed by atoms with Crippen molar-refractivity contribution >= 4 is 51.2 Å². The molecule has 0 atom stereocenters. The minimum atomic E-state index is -4.51. The van der Waals surface area contributed by atoms with Gasteiger partial charge >= 0.3 is 18.0 Å². The third-order valence-electron chi connectivity index (χ3n) is 4.66. The summed E-state index contributed by atoms with van der Waals surface area (Å²) < 4.78 is 50.1. The number of halogens is 5. The molecular weight excluding hydrogens is 579 g/mol. The molecule has 0 unspecified atom stereocenters. The highest BCUT2D eigenvalue weighted by Crippen LogP contribution is 2.37. The third-order valence-corrected chi connectivity index (χ3v) is 5.48. The lowest BCUT2D eigenvalue weighted by Gasteiger charge is -2.15. The Morgan fingerprint density at radius 2 is 1.78 bits per heavy atom. The van der Waals surface area contributed by atoms with Crippen molar-refractivity contribution in [3.8, 4) is 11.5 Å². The van der Waals surface area contributed by atoms with E-state index in [1.54, 1.807) is 24.3 Å². The van der Waals surface area contributed by atoms with Crippen LogP contribution in [0.15, 0.2) is 70.2 Å². The van der Waals surface area contributed by atoms with E-state index in [-0.39, 0.29) is 12.3 Å². The minimum absolute atomic E-state index is 0.0239. The number of rotatable bonds is 8. The van der Waals surface area contributed by atoms with Crippen molar-refractivity contribution in [2.75, 3.05) is 11.9 Å². The SMILES string of the molecule is CCOc1cc(/C=N/NC(=O)C(=O)Nc2ccc(C(F)(F)F)cc2)cc(Br)c1OCc1cccc(Cl)c1. The summed E-state index contributed by atoms with van der Waals surface area (Å²) >= 11 is 9.45. The second-order valence-corrected chi connectivity index (χ2v) is 8.70. The molecule has 0 heterocycles. The summed E-state index contributed by atoms with van der Waals surface area (Å²) in [6.07, 6.45) is -3.22. The van der Waals surface area contributed by atoms with Crippen molar-refractivity contribution in [3.05, 3.63) is 86.8 Å². The van der Waals surface area contributed by atoms with E-state index < -0.39 is 23.6 Å².